The molecule has 0 atom stereocenters. The summed E-state index contributed by atoms with van der Waals surface area (Å²) in [6.45, 7) is 0. The molecule has 0 bridgehead atoms. The van der Waals surface area contributed by atoms with E-state index in [1.807, 2.05) is 0 Å². The van der Waals surface area contributed by atoms with E-state index in [0.717, 1.165) is 0 Å². The third-order valence-corrected chi connectivity index (χ3v) is 0. The summed E-state index contributed by atoms with van der Waals surface area (Å²) in [5, 5.41) is 0. The van der Waals surface area contributed by atoms with Crippen molar-refractivity contribution < 1.29 is 69.4 Å². The summed E-state index contributed by atoms with van der Waals surface area (Å²) < 4.78 is 0. The van der Waals surface area contributed by atoms with Crippen LogP contribution in [0.25, 0.3) is 0 Å². The molecule has 0 rings (SSSR count). The maximum atomic E-state index is 0. The topological polar surface area (TPSA) is 63.0 Å². The molecule has 0 spiro atoms. The van der Waals surface area contributed by atoms with Gasteiger partial charge in [-0.2, -0.15) is 0 Å². The second-order valence-electron chi connectivity index (χ2n) is 0. The average Bonchev–Trinajstić information content (AvgIpc) is 0. The summed E-state index contributed by atoms with van der Waals surface area (Å²) >= 11 is 0. The minimum absolute atomic E-state index is 0. The van der Waals surface area contributed by atoms with Crippen LogP contribution < -0.4 is 0 Å². The number of hydrogen-bond donors (Lipinski definition) is 0. The van der Waals surface area contributed by atoms with Crippen LogP contribution in [0.4, 0.5) is 0 Å². The molecule has 4 N–H and O–H groups in total. The molecule has 0 aromatic heterocycles. The zero-order valence-electron chi connectivity index (χ0n) is 2.06. The Kier molecular flexibility index (Phi) is 589. The van der Waals surface area contributed by atoms with Crippen LogP contribution in [0.1, 0.15) is 0 Å². The first kappa shape index (κ1) is 71.0. The van der Waals surface area contributed by atoms with Gasteiger partial charge in [-0.05, 0) is 0 Å². The predicted octanol–water partition coefficient (Wildman–Crippen LogP) is -1.66. The first-order chi connectivity index (χ1) is 0. The molecule has 0 radical (unpaired) electrons. The van der Waals surface area contributed by atoms with E-state index in [9.17, 15) is 0 Å². The van der Waals surface area contributed by atoms with E-state index in [1.54, 1.807) is 0 Å². The standard InChI is InChI=1S/2H2O.3Ru/h2*1H2;;;/q;;3*+2. The van der Waals surface area contributed by atoms with E-state index < -0.39 is 0 Å². The Bertz CT molecular complexity index is 4.85. The molecule has 0 heterocycles. The monoisotopic (exact) mass is 342 g/mol. The normalized spacial score (nSPS) is 0. The van der Waals surface area contributed by atoms with E-state index in [-0.39, 0.29) is 69.4 Å². The van der Waals surface area contributed by atoms with Gasteiger partial charge in [0.15, 0.2) is 0 Å². The number of rotatable bonds is 0. The molecule has 0 unspecified atom stereocenters. The van der Waals surface area contributed by atoms with Crippen LogP contribution in [0.3, 0.4) is 0 Å². The molecule has 0 saturated heterocycles. The largest absolute Gasteiger partial charge is 2.00 e. The fourth-order valence-electron chi connectivity index (χ4n) is 0. The molecule has 34 valence electrons. The minimum Gasteiger partial charge on any atom is -0.412 e. The van der Waals surface area contributed by atoms with Crippen LogP contribution >= 0.6 is 0 Å². The molecule has 0 aliphatic heterocycles. The SMILES string of the molecule is O.O.[Ru+2].[Ru+2].[Ru+2]. The van der Waals surface area contributed by atoms with Crippen LogP contribution in [0, 0.1) is 0 Å². The average molecular weight is 339 g/mol. The van der Waals surface area contributed by atoms with E-state index in [0.29, 0.717) is 0 Å². The summed E-state index contributed by atoms with van der Waals surface area (Å²) in [6.07, 6.45) is 0. The van der Waals surface area contributed by atoms with Crippen LogP contribution in [-0.4, -0.2) is 11.0 Å². The predicted molar refractivity (Wildman–Crippen MR) is 7.23 cm³/mol. The number of hydrogen-bond acceptors (Lipinski definition) is 0. The van der Waals surface area contributed by atoms with Crippen molar-refractivity contribution in [3.63, 3.8) is 0 Å². The van der Waals surface area contributed by atoms with Gasteiger partial charge in [0, 0.05) is 0 Å². The molecule has 0 aliphatic carbocycles. The zero-order chi connectivity index (χ0) is 0. The Hall–Kier alpha value is 1.79. The Balaban J connectivity index is 0. The van der Waals surface area contributed by atoms with Crippen LogP contribution in [-0.2, 0) is 58.4 Å². The molecule has 2 nitrogen and oxygen atoms in total. The van der Waals surface area contributed by atoms with Gasteiger partial charge >= 0.3 is 58.4 Å². The summed E-state index contributed by atoms with van der Waals surface area (Å²) in [4.78, 5) is 0. The van der Waals surface area contributed by atoms with Crippen LogP contribution in [0.5, 0.6) is 0 Å². The first-order valence-electron chi connectivity index (χ1n) is 0. The van der Waals surface area contributed by atoms with E-state index in [2.05, 4.69) is 0 Å². The molecular weight excluding hydrogens is 335 g/mol. The van der Waals surface area contributed by atoms with E-state index >= 15 is 0 Å². The molecule has 5 heteroatoms. The summed E-state index contributed by atoms with van der Waals surface area (Å²) in [5.41, 5.74) is 0. The molecule has 5 heavy (non-hydrogen) atoms. The summed E-state index contributed by atoms with van der Waals surface area (Å²) in [7, 11) is 0. The molecule has 0 aliphatic rings. The van der Waals surface area contributed by atoms with Crippen molar-refractivity contribution in [1.29, 1.82) is 0 Å². The smallest absolute Gasteiger partial charge is 0.412 e. The van der Waals surface area contributed by atoms with Gasteiger partial charge in [0.05, 0.1) is 0 Å². The van der Waals surface area contributed by atoms with Crippen molar-refractivity contribution in [2.45, 2.75) is 0 Å². The van der Waals surface area contributed by atoms with Gasteiger partial charge in [-0.15, -0.1) is 0 Å². The van der Waals surface area contributed by atoms with Crippen molar-refractivity contribution in [2.75, 3.05) is 0 Å². The Morgan fingerprint density at radius 1 is 0.400 bits per heavy atom. The Morgan fingerprint density at radius 2 is 0.400 bits per heavy atom. The van der Waals surface area contributed by atoms with Gasteiger partial charge in [-0.1, -0.05) is 0 Å². The van der Waals surface area contributed by atoms with Crippen LogP contribution in [0.15, 0.2) is 0 Å². The third-order valence-electron chi connectivity index (χ3n) is 0. The Labute approximate surface area is 69.0 Å². The fraction of sp³-hybridized carbons (Fsp3) is 0. The summed E-state index contributed by atoms with van der Waals surface area (Å²) in [6, 6.07) is 0. The van der Waals surface area contributed by atoms with Gasteiger partial charge < -0.3 is 11.0 Å². The maximum absolute atomic E-state index is 0. The van der Waals surface area contributed by atoms with Gasteiger partial charge in [0.25, 0.3) is 0 Å². The first-order valence-corrected chi connectivity index (χ1v) is 0. The molecular formula is H4O2Ru3+6. The van der Waals surface area contributed by atoms with Crippen molar-refractivity contribution in [3.05, 3.63) is 0 Å². The third kappa shape index (κ3) is 26.0. The summed E-state index contributed by atoms with van der Waals surface area (Å²) in [5.74, 6) is 0. The molecule has 0 aromatic carbocycles. The fourth-order valence-corrected chi connectivity index (χ4v) is 0. The van der Waals surface area contributed by atoms with Gasteiger partial charge in [0.2, 0.25) is 0 Å². The maximum Gasteiger partial charge on any atom is 2.00 e. The van der Waals surface area contributed by atoms with Gasteiger partial charge in [0.1, 0.15) is 0 Å². The minimum atomic E-state index is 0. The van der Waals surface area contributed by atoms with Crippen molar-refractivity contribution in [2.24, 2.45) is 0 Å². The van der Waals surface area contributed by atoms with E-state index in [4.69, 9.17) is 0 Å². The quantitative estimate of drug-likeness (QED) is 0.475. The molecule has 0 amide bonds. The van der Waals surface area contributed by atoms with E-state index in [1.165, 1.54) is 0 Å². The van der Waals surface area contributed by atoms with Crippen molar-refractivity contribution in [1.82, 2.24) is 0 Å². The van der Waals surface area contributed by atoms with Gasteiger partial charge in [-0.25, -0.2) is 0 Å². The second kappa shape index (κ2) is 41.5. The van der Waals surface area contributed by atoms with Gasteiger partial charge in [-0.3, -0.25) is 0 Å². The van der Waals surface area contributed by atoms with Crippen LogP contribution in [0.2, 0.25) is 0 Å². The Morgan fingerprint density at radius 3 is 0.400 bits per heavy atom. The van der Waals surface area contributed by atoms with Crippen molar-refractivity contribution >= 4 is 0 Å². The molecule has 0 saturated carbocycles. The molecule has 0 aromatic rings. The molecule has 0 fully saturated rings. The second-order valence-corrected chi connectivity index (χ2v) is 0. The zero-order valence-corrected chi connectivity index (χ0v) is 7.27. The van der Waals surface area contributed by atoms with Crippen molar-refractivity contribution in [3.8, 4) is 0 Å².